The molecule has 0 saturated heterocycles. The van der Waals surface area contributed by atoms with Gasteiger partial charge in [0.1, 0.15) is 0 Å². The summed E-state index contributed by atoms with van der Waals surface area (Å²) in [4.78, 5) is 31.2. The van der Waals surface area contributed by atoms with Gasteiger partial charge in [0.15, 0.2) is 0 Å². The van der Waals surface area contributed by atoms with Crippen molar-refractivity contribution in [3.05, 3.63) is 35.9 Å². The fourth-order valence-corrected chi connectivity index (χ4v) is 6.44. The summed E-state index contributed by atoms with van der Waals surface area (Å²) in [6, 6.07) is 9.00. The van der Waals surface area contributed by atoms with E-state index < -0.39 is 24.3 Å². The van der Waals surface area contributed by atoms with Crippen molar-refractivity contribution in [2.75, 3.05) is 6.61 Å². The summed E-state index contributed by atoms with van der Waals surface area (Å²) in [6.07, 6.45) is 0. The van der Waals surface area contributed by atoms with E-state index in [0.29, 0.717) is 16.6 Å². The van der Waals surface area contributed by atoms with Gasteiger partial charge in [-0.05, 0) is 0 Å². The van der Waals surface area contributed by atoms with Crippen molar-refractivity contribution in [3.63, 3.8) is 0 Å². The second-order valence-electron chi connectivity index (χ2n) is 5.80. The molecule has 0 aliphatic rings. The molecule has 0 heterocycles. The summed E-state index contributed by atoms with van der Waals surface area (Å²) in [5.41, 5.74) is 0.594. The van der Waals surface area contributed by atoms with Crippen molar-refractivity contribution in [3.8, 4) is 0 Å². The minimum absolute atomic E-state index is 0.106. The molecule has 1 unspecified atom stereocenters. The number of Topliss-reactive ketones (excluding diaryl/α,β-unsaturated/α-hetero) is 1. The molecule has 1 aromatic rings. The number of hydrogen-bond donors (Lipinski definition) is 0. The number of esters is 1. The predicted molar refractivity (Wildman–Crippen MR) is 79.0 cm³/mol. The third-order valence-electron chi connectivity index (χ3n) is 2.76. The normalized spacial score (nSPS) is 12.8. The monoisotopic (exact) mass is 370 g/mol. The zero-order chi connectivity index (χ0) is 14.5. The summed E-state index contributed by atoms with van der Waals surface area (Å²) < 4.78 is 5.76. The molecule has 0 saturated carbocycles. The summed E-state index contributed by atoms with van der Waals surface area (Å²) in [6.45, 7) is 2.08. The van der Waals surface area contributed by atoms with Gasteiger partial charge in [-0.15, -0.1) is 0 Å². The van der Waals surface area contributed by atoms with Crippen LogP contribution in [0.4, 0.5) is 0 Å². The second kappa shape index (κ2) is 7.08. The second-order valence-corrected chi connectivity index (χ2v) is 21.6. The quantitative estimate of drug-likeness (QED) is 0.334. The van der Waals surface area contributed by atoms with Crippen molar-refractivity contribution in [2.24, 2.45) is 5.92 Å². The van der Waals surface area contributed by atoms with Gasteiger partial charge in [-0.3, -0.25) is 0 Å². The molecule has 4 heteroatoms. The van der Waals surface area contributed by atoms with E-state index in [4.69, 9.17) is 4.74 Å². The van der Waals surface area contributed by atoms with Crippen LogP contribution in [0.15, 0.2) is 30.3 Å². The molecule has 0 aromatic heterocycles. The van der Waals surface area contributed by atoms with E-state index >= 15 is 0 Å². The third-order valence-corrected chi connectivity index (χ3v) is 7.42. The van der Waals surface area contributed by atoms with E-state index in [2.05, 4.69) is 14.8 Å². The number of benzene rings is 1. The predicted octanol–water partition coefficient (Wildman–Crippen LogP) is 3.39. The third kappa shape index (κ3) is 5.35. The van der Waals surface area contributed by atoms with Crippen LogP contribution in [0.2, 0.25) is 19.3 Å². The zero-order valence-corrected chi connectivity index (χ0v) is 15.0. The number of carbonyl (C=O) groups excluding carboxylic acids is 2. The van der Waals surface area contributed by atoms with E-state index in [1.54, 1.807) is 19.1 Å². The average molecular weight is 369 g/mol. The van der Waals surface area contributed by atoms with Gasteiger partial charge in [0, 0.05) is 0 Å². The summed E-state index contributed by atoms with van der Waals surface area (Å²) in [7, 11) is 0. The Kier molecular flexibility index (Phi) is 6.04. The van der Waals surface area contributed by atoms with Crippen LogP contribution < -0.4 is 0 Å². The molecular formula is C15H22O3Sn. The van der Waals surface area contributed by atoms with Crippen LogP contribution in [0.25, 0.3) is 0 Å². The van der Waals surface area contributed by atoms with Gasteiger partial charge in [-0.1, -0.05) is 0 Å². The molecule has 0 amide bonds. The topological polar surface area (TPSA) is 43.4 Å². The number of rotatable bonds is 6. The molecule has 0 N–H and O–H groups in total. The van der Waals surface area contributed by atoms with Gasteiger partial charge in [0.05, 0.1) is 0 Å². The number of hydrogen-bond acceptors (Lipinski definition) is 3. The van der Waals surface area contributed by atoms with Gasteiger partial charge in [-0.25, -0.2) is 0 Å². The Morgan fingerprint density at radius 2 is 1.74 bits per heavy atom. The maximum absolute atomic E-state index is 12.5. The maximum atomic E-state index is 12.5. The van der Waals surface area contributed by atoms with E-state index in [9.17, 15) is 9.59 Å². The van der Waals surface area contributed by atoms with Gasteiger partial charge >= 0.3 is 119 Å². The van der Waals surface area contributed by atoms with Crippen molar-refractivity contribution >= 4 is 30.1 Å². The number of carbonyl (C=O) groups is 2. The first kappa shape index (κ1) is 16.2. The van der Waals surface area contributed by atoms with E-state index in [-0.39, 0.29) is 11.8 Å². The fourth-order valence-electron chi connectivity index (χ4n) is 1.94. The van der Waals surface area contributed by atoms with E-state index in [1.807, 2.05) is 18.2 Å². The average Bonchev–Trinajstić information content (AvgIpc) is 2.35. The Morgan fingerprint density at radius 3 is 2.21 bits per heavy atom. The first-order valence-electron chi connectivity index (χ1n) is 6.61. The molecule has 0 radical (unpaired) electrons. The molecule has 0 bridgehead atoms. The van der Waals surface area contributed by atoms with Crippen LogP contribution in [0.5, 0.6) is 0 Å². The Bertz CT molecular complexity index is 434. The Labute approximate surface area is 119 Å². The Morgan fingerprint density at radius 1 is 1.16 bits per heavy atom. The van der Waals surface area contributed by atoms with Crippen molar-refractivity contribution in [1.82, 2.24) is 0 Å². The summed E-state index contributed by atoms with van der Waals surface area (Å²) >= 11 is -2.26. The molecular weight excluding hydrogens is 347 g/mol. The van der Waals surface area contributed by atoms with Crippen LogP contribution in [-0.2, 0) is 9.53 Å². The molecule has 1 aromatic carbocycles. The summed E-state index contributed by atoms with van der Waals surface area (Å²) in [5.74, 6) is -1.10. The molecule has 104 valence electrons. The van der Waals surface area contributed by atoms with Crippen LogP contribution in [-0.4, -0.2) is 36.7 Å². The van der Waals surface area contributed by atoms with Crippen LogP contribution in [0, 0.1) is 5.92 Å². The van der Waals surface area contributed by atoms with Gasteiger partial charge in [0.25, 0.3) is 0 Å². The Hall–Kier alpha value is -0.841. The minimum atomic E-state index is -2.26. The molecule has 3 nitrogen and oxygen atoms in total. The molecule has 1 rings (SSSR count). The first-order chi connectivity index (χ1) is 8.85. The number of ketones is 1. The van der Waals surface area contributed by atoms with Gasteiger partial charge in [-0.2, -0.15) is 0 Å². The molecule has 0 aliphatic heterocycles. The summed E-state index contributed by atoms with van der Waals surface area (Å²) in [5, 5.41) is 0. The SMILES string of the molecule is CCOC(=O)C([CH2][Sn]([CH3])([CH3])[CH3])C(=O)c1ccccc1. The van der Waals surface area contributed by atoms with Gasteiger partial charge < -0.3 is 0 Å². The van der Waals surface area contributed by atoms with Crippen molar-refractivity contribution in [1.29, 1.82) is 0 Å². The Balaban J connectivity index is 2.96. The molecule has 1 atom stereocenters. The zero-order valence-electron chi connectivity index (χ0n) is 12.1. The van der Waals surface area contributed by atoms with E-state index in [0.717, 1.165) is 0 Å². The standard InChI is InChI=1S/C12H13O3.3CH3.Sn/c1-3-15-12(14)9(2)11(13)10-7-5-4-6-8-10;;;;/h4-9H,2-3H2,1H3;3*1H3;. The van der Waals surface area contributed by atoms with Crippen LogP contribution in [0.1, 0.15) is 17.3 Å². The molecule has 0 aliphatic carbocycles. The molecule has 0 fully saturated rings. The number of ether oxygens (including phenoxy) is 1. The van der Waals surface area contributed by atoms with Crippen molar-refractivity contribution in [2.45, 2.75) is 26.2 Å². The van der Waals surface area contributed by atoms with Crippen LogP contribution >= 0.6 is 0 Å². The van der Waals surface area contributed by atoms with E-state index in [1.165, 1.54) is 0 Å². The van der Waals surface area contributed by atoms with Crippen molar-refractivity contribution < 1.29 is 14.3 Å². The van der Waals surface area contributed by atoms with Crippen LogP contribution in [0.3, 0.4) is 0 Å². The fraction of sp³-hybridized carbons (Fsp3) is 0.467. The molecule has 0 spiro atoms. The first-order valence-corrected chi connectivity index (χ1v) is 17.2. The van der Waals surface area contributed by atoms with Gasteiger partial charge in [0.2, 0.25) is 0 Å². The molecule has 19 heavy (non-hydrogen) atoms.